The molecule has 15 heavy (non-hydrogen) atoms. The van der Waals surface area contributed by atoms with Gasteiger partial charge in [0.15, 0.2) is 0 Å². The van der Waals surface area contributed by atoms with Gasteiger partial charge in [-0.25, -0.2) is 0 Å². The van der Waals surface area contributed by atoms with Gasteiger partial charge in [0.05, 0.1) is 6.61 Å². The van der Waals surface area contributed by atoms with E-state index in [0.29, 0.717) is 5.92 Å². The van der Waals surface area contributed by atoms with Crippen molar-refractivity contribution in [3.8, 4) is 0 Å². The second-order valence-corrected chi connectivity index (χ2v) is 4.22. The molecule has 84 valence electrons. The zero-order chi connectivity index (χ0) is 11.3. The molecule has 0 aliphatic carbocycles. The number of hydrogen-bond donors (Lipinski definition) is 2. The van der Waals surface area contributed by atoms with Crippen molar-refractivity contribution in [2.24, 2.45) is 5.92 Å². The average molecular weight is 208 g/mol. The molecule has 1 aromatic rings. The maximum Gasteiger partial charge on any atom is 0.0587 e. The van der Waals surface area contributed by atoms with Crippen LogP contribution in [0.4, 0.5) is 0 Å². The van der Waals surface area contributed by atoms with Crippen LogP contribution in [0.1, 0.15) is 25.1 Å². The maximum absolute atomic E-state index is 9.14. The number of nitrogens with zero attached hydrogens (tertiary/aromatic N) is 1. The molecule has 1 rings (SSSR count). The Morgan fingerprint density at radius 3 is 2.60 bits per heavy atom. The molecule has 1 atom stereocenters. The molecular formula is C12H20N2O. The topological polar surface area (TPSA) is 45.1 Å². The Balaban J connectivity index is 2.45. The molecular weight excluding hydrogens is 188 g/mol. The van der Waals surface area contributed by atoms with Crippen LogP contribution in [0.25, 0.3) is 0 Å². The largest absolute Gasteiger partial charge is 0.395 e. The van der Waals surface area contributed by atoms with Gasteiger partial charge in [-0.15, -0.1) is 0 Å². The lowest BCUT2D eigenvalue weighted by molar-refractivity contribution is 0.210. The third kappa shape index (κ3) is 3.98. The Labute approximate surface area is 91.5 Å². The summed E-state index contributed by atoms with van der Waals surface area (Å²) in [6.07, 6.45) is 1.87. The van der Waals surface area contributed by atoms with Crippen LogP contribution in [0, 0.1) is 12.8 Å². The third-order valence-electron chi connectivity index (χ3n) is 2.54. The Morgan fingerprint density at radius 2 is 2.13 bits per heavy atom. The van der Waals surface area contributed by atoms with Crippen LogP contribution >= 0.6 is 0 Å². The Hall–Kier alpha value is -0.930. The standard InChI is InChI=1S/C12H20N2O/c1-9(2)12(8-15)14-7-11-5-4-10(3)13-6-11/h4-6,9,12,14-15H,7-8H2,1-3H3. The summed E-state index contributed by atoms with van der Waals surface area (Å²) in [6.45, 7) is 7.11. The molecule has 0 radical (unpaired) electrons. The van der Waals surface area contributed by atoms with Crippen LogP contribution in [0.2, 0.25) is 0 Å². The Bertz CT molecular complexity index is 282. The smallest absolute Gasteiger partial charge is 0.0587 e. The van der Waals surface area contributed by atoms with Crippen LogP contribution < -0.4 is 5.32 Å². The number of aryl methyl sites for hydroxylation is 1. The van der Waals surface area contributed by atoms with Gasteiger partial charge >= 0.3 is 0 Å². The maximum atomic E-state index is 9.14. The summed E-state index contributed by atoms with van der Waals surface area (Å²) in [6, 6.07) is 4.22. The molecule has 0 aliphatic rings. The Kier molecular flexibility index (Phi) is 4.72. The van der Waals surface area contributed by atoms with Gasteiger partial charge < -0.3 is 10.4 Å². The molecule has 0 amide bonds. The first-order valence-electron chi connectivity index (χ1n) is 5.39. The summed E-state index contributed by atoms with van der Waals surface area (Å²) in [5.41, 5.74) is 2.18. The summed E-state index contributed by atoms with van der Waals surface area (Å²) in [5.74, 6) is 0.438. The molecule has 1 aromatic heterocycles. The highest BCUT2D eigenvalue weighted by Gasteiger charge is 2.10. The van der Waals surface area contributed by atoms with E-state index in [2.05, 4.69) is 30.2 Å². The minimum absolute atomic E-state index is 0.159. The van der Waals surface area contributed by atoms with Crippen molar-refractivity contribution in [3.63, 3.8) is 0 Å². The highest BCUT2D eigenvalue weighted by Crippen LogP contribution is 2.03. The van der Waals surface area contributed by atoms with Crippen molar-refractivity contribution in [1.29, 1.82) is 0 Å². The van der Waals surface area contributed by atoms with E-state index in [4.69, 9.17) is 5.11 Å². The lowest BCUT2D eigenvalue weighted by Gasteiger charge is -2.19. The van der Waals surface area contributed by atoms with Crippen molar-refractivity contribution < 1.29 is 5.11 Å². The lowest BCUT2D eigenvalue weighted by atomic mass is 10.1. The van der Waals surface area contributed by atoms with E-state index in [-0.39, 0.29) is 12.6 Å². The van der Waals surface area contributed by atoms with Gasteiger partial charge in [-0.1, -0.05) is 19.9 Å². The van der Waals surface area contributed by atoms with Gasteiger partial charge in [-0.3, -0.25) is 4.98 Å². The first-order chi connectivity index (χ1) is 7.13. The fourth-order valence-corrected chi connectivity index (χ4v) is 1.36. The number of rotatable bonds is 5. The van der Waals surface area contributed by atoms with Gasteiger partial charge in [0.1, 0.15) is 0 Å². The van der Waals surface area contributed by atoms with Gasteiger partial charge in [0.2, 0.25) is 0 Å². The van der Waals surface area contributed by atoms with E-state index in [1.165, 1.54) is 0 Å². The summed E-state index contributed by atoms with van der Waals surface area (Å²) >= 11 is 0. The monoisotopic (exact) mass is 208 g/mol. The molecule has 3 nitrogen and oxygen atoms in total. The first kappa shape index (κ1) is 12.1. The SMILES string of the molecule is Cc1ccc(CNC(CO)C(C)C)cn1. The van der Waals surface area contributed by atoms with Gasteiger partial charge in [-0.2, -0.15) is 0 Å². The van der Waals surface area contributed by atoms with Crippen LogP contribution in [0.5, 0.6) is 0 Å². The molecule has 0 saturated carbocycles. The van der Waals surface area contributed by atoms with E-state index in [1.54, 1.807) is 0 Å². The van der Waals surface area contributed by atoms with Gasteiger partial charge in [0.25, 0.3) is 0 Å². The first-order valence-corrected chi connectivity index (χ1v) is 5.39. The van der Waals surface area contributed by atoms with Crippen molar-refractivity contribution >= 4 is 0 Å². The number of aliphatic hydroxyl groups is 1. The number of hydrogen-bond acceptors (Lipinski definition) is 3. The van der Waals surface area contributed by atoms with Crippen LogP contribution in [-0.4, -0.2) is 22.7 Å². The number of nitrogens with one attached hydrogen (secondary N) is 1. The van der Waals surface area contributed by atoms with Crippen molar-refractivity contribution in [1.82, 2.24) is 10.3 Å². The molecule has 1 unspecified atom stereocenters. The predicted molar refractivity (Wildman–Crippen MR) is 61.5 cm³/mol. The minimum Gasteiger partial charge on any atom is -0.395 e. The second kappa shape index (κ2) is 5.83. The molecule has 0 bridgehead atoms. The van der Waals surface area contributed by atoms with Crippen molar-refractivity contribution in [2.75, 3.05) is 6.61 Å². The van der Waals surface area contributed by atoms with E-state index < -0.39 is 0 Å². The number of aliphatic hydroxyl groups excluding tert-OH is 1. The lowest BCUT2D eigenvalue weighted by Crippen LogP contribution is -2.36. The third-order valence-corrected chi connectivity index (χ3v) is 2.54. The highest BCUT2D eigenvalue weighted by molar-refractivity contribution is 5.12. The van der Waals surface area contributed by atoms with Gasteiger partial charge in [0, 0.05) is 24.5 Å². The van der Waals surface area contributed by atoms with Crippen LogP contribution in [0.15, 0.2) is 18.3 Å². The summed E-state index contributed by atoms with van der Waals surface area (Å²) in [7, 11) is 0. The molecule has 1 heterocycles. The average Bonchev–Trinajstić information content (AvgIpc) is 2.21. The predicted octanol–water partition coefficient (Wildman–Crippen LogP) is 1.50. The molecule has 0 fully saturated rings. The zero-order valence-corrected chi connectivity index (χ0v) is 9.70. The van der Waals surface area contributed by atoms with Crippen LogP contribution in [-0.2, 0) is 6.54 Å². The molecule has 0 spiro atoms. The quantitative estimate of drug-likeness (QED) is 0.770. The van der Waals surface area contributed by atoms with Gasteiger partial charge in [-0.05, 0) is 24.5 Å². The number of aromatic nitrogens is 1. The normalized spacial score (nSPS) is 13.1. The molecule has 2 N–H and O–H groups in total. The zero-order valence-electron chi connectivity index (χ0n) is 9.70. The summed E-state index contributed by atoms with van der Waals surface area (Å²) < 4.78 is 0. The summed E-state index contributed by atoms with van der Waals surface area (Å²) in [5, 5.41) is 12.5. The van der Waals surface area contributed by atoms with E-state index in [1.807, 2.05) is 19.2 Å². The highest BCUT2D eigenvalue weighted by atomic mass is 16.3. The minimum atomic E-state index is 0.159. The van der Waals surface area contributed by atoms with E-state index in [9.17, 15) is 0 Å². The number of pyridine rings is 1. The molecule has 0 saturated heterocycles. The molecule has 0 aromatic carbocycles. The molecule has 3 heteroatoms. The molecule has 0 aliphatic heterocycles. The van der Waals surface area contributed by atoms with E-state index in [0.717, 1.165) is 17.8 Å². The van der Waals surface area contributed by atoms with E-state index >= 15 is 0 Å². The van der Waals surface area contributed by atoms with Crippen molar-refractivity contribution in [3.05, 3.63) is 29.6 Å². The van der Waals surface area contributed by atoms with Crippen LogP contribution in [0.3, 0.4) is 0 Å². The fraction of sp³-hybridized carbons (Fsp3) is 0.583. The Morgan fingerprint density at radius 1 is 1.40 bits per heavy atom. The second-order valence-electron chi connectivity index (χ2n) is 4.22. The fourth-order valence-electron chi connectivity index (χ4n) is 1.36. The summed E-state index contributed by atoms with van der Waals surface area (Å²) in [4.78, 5) is 4.23. The van der Waals surface area contributed by atoms with Crippen molar-refractivity contribution in [2.45, 2.75) is 33.4 Å².